The van der Waals surface area contributed by atoms with Gasteiger partial charge in [0.25, 0.3) is 5.91 Å². The van der Waals surface area contributed by atoms with Crippen molar-refractivity contribution in [2.24, 2.45) is 5.92 Å². The van der Waals surface area contributed by atoms with Gasteiger partial charge in [0.15, 0.2) is 0 Å². The van der Waals surface area contributed by atoms with Crippen LogP contribution in [0.15, 0.2) is 42.9 Å². The number of nitrogens with one attached hydrogen (secondary N) is 4. The SMILES string of the molecule is CC(C)C[C@H](NC(=O)OCc1ccccc1)C(=O)NNCc1c[nH]cn1. The Morgan fingerprint density at radius 3 is 2.65 bits per heavy atom. The monoisotopic (exact) mass is 359 g/mol. The average Bonchev–Trinajstić information content (AvgIpc) is 3.13. The zero-order valence-corrected chi connectivity index (χ0v) is 15.0. The van der Waals surface area contributed by atoms with Gasteiger partial charge in [-0.2, -0.15) is 0 Å². The van der Waals surface area contributed by atoms with Crippen LogP contribution < -0.4 is 16.2 Å². The van der Waals surface area contributed by atoms with Gasteiger partial charge in [-0.3, -0.25) is 10.2 Å². The van der Waals surface area contributed by atoms with Crippen LogP contribution in [-0.4, -0.2) is 28.0 Å². The minimum Gasteiger partial charge on any atom is -0.445 e. The summed E-state index contributed by atoms with van der Waals surface area (Å²) < 4.78 is 5.19. The minimum atomic E-state index is -0.690. The summed E-state index contributed by atoms with van der Waals surface area (Å²) in [7, 11) is 0. The fourth-order valence-corrected chi connectivity index (χ4v) is 2.31. The Morgan fingerprint density at radius 1 is 1.23 bits per heavy atom. The molecule has 26 heavy (non-hydrogen) atoms. The van der Waals surface area contributed by atoms with E-state index in [9.17, 15) is 9.59 Å². The molecular formula is C18H25N5O3. The first-order valence-corrected chi connectivity index (χ1v) is 8.52. The number of imidazole rings is 1. The van der Waals surface area contributed by atoms with Gasteiger partial charge in [-0.25, -0.2) is 15.2 Å². The Bertz CT molecular complexity index is 673. The molecule has 8 heteroatoms. The molecule has 1 aromatic heterocycles. The highest BCUT2D eigenvalue weighted by molar-refractivity contribution is 5.85. The van der Waals surface area contributed by atoms with Crippen LogP contribution in [0.4, 0.5) is 4.79 Å². The molecule has 1 aromatic carbocycles. The topological polar surface area (TPSA) is 108 Å². The molecule has 0 saturated heterocycles. The van der Waals surface area contributed by atoms with Crippen LogP contribution in [0.2, 0.25) is 0 Å². The molecule has 0 fully saturated rings. The van der Waals surface area contributed by atoms with Gasteiger partial charge in [0.05, 0.1) is 18.6 Å². The molecule has 0 bridgehead atoms. The molecule has 4 N–H and O–H groups in total. The van der Waals surface area contributed by atoms with Crippen molar-refractivity contribution in [3.63, 3.8) is 0 Å². The number of carbonyl (C=O) groups excluding carboxylic acids is 2. The highest BCUT2D eigenvalue weighted by Crippen LogP contribution is 2.06. The summed E-state index contributed by atoms with van der Waals surface area (Å²) in [6, 6.07) is 8.68. The number of aromatic amines is 1. The maximum atomic E-state index is 12.3. The van der Waals surface area contributed by atoms with E-state index in [-0.39, 0.29) is 18.4 Å². The summed E-state index contributed by atoms with van der Waals surface area (Å²) >= 11 is 0. The number of hydrogen-bond donors (Lipinski definition) is 4. The molecule has 2 rings (SSSR count). The molecule has 0 aliphatic heterocycles. The zero-order chi connectivity index (χ0) is 18.8. The van der Waals surface area contributed by atoms with Crippen molar-refractivity contribution >= 4 is 12.0 Å². The van der Waals surface area contributed by atoms with Gasteiger partial charge in [-0.1, -0.05) is 44.2 Å². The summed E-state index contributed by atoms with van der Waals surface area (Å²) in [5, 5.41) is 2.63. The summed E-state index contributed by atoms with van der Waals surface area (Å²) in [5.41, 5.74) is 7.04. The average molecular weight is 359 g/mol. The fourth-order valence-electron chi connectivity index (χ4n) is 2.31. The molecule has 0 saturated carbocycles. The van der Waals surface area contributed by atoms with E-state index in [2.05, 4.69) is 26.1 Å². The third-order valence-electron chi connectivity index (χ3n) is 3.56. The maximum Gasteiger partial charge on any atom is 0.408 e. The van der Waals surface area contributed by atoms with E-state index < -0.39 is 12.1 Å². The van der Waals surface area contributed by atoms with Crippen molar-refractivity contribution in [2.45, 2.75) is 39.5 Å². The van der Waals surface area contributed by atoms with Gasteiger partial charge in [0.2, 0.25) is 0 Å². The van der Waals surface area contributed by atoms with Gasteiger partial charge in [-0.05, 0) is 17.9 Å². The summed E-state index contributed by atoms with van der Waals surface area (Å²) in [6.45, 7) is 4.49. The second kappa shape index (κ2) is 10.2. The molecule has 1 heterocycles. The molecule has 0 radical (unpaired) electrons. The van der Waals surface area contributed by atoms with E-state index in [4.69, 9.17) is 4.74 Å². The Hall–Kier alpha value is -2.87. The first-order chi connectivity index (χ1) is 12.5. The quantitative estimate of drug-likeness (QED) is 0.511. The molecule has 0 aliphatic rings. The second-order valence-corrected chi connectivity index (χ2v) is 6.29. The number of amides is 2. The van der Waals surface area contributed by atoms with Crippen molar-refractivity contribution in [1.82, 2.24) is 26.1 Å². The molecule has 140 valence electrons. The van der Waals surface area contributed by atoms with Crippen molar-refractivity contribution in [3.05, 3.63) is 54.1 Å². The van der Waals surface area contributed by atoms with Gasteiger partial charge >= 0.3 is 6.09 Å². The number of rotatable bonds is 9. The van der Waals surface area contributed by atoms with Crippen LogP contribution in [0.5, 0.6) is 0 Å². The second-order valence-electron chi connectivity index (χ2n) is 6.29. The smallest absolute Gasteiger partial charge is 0.408 e. The molecule has 2 aromatic rings. The lowest BCUT2D eigenvalue weighted by atomic mass is 10.0. The van der Waals surface area contributed by atoms with Crippen LogP contribution in [-0.2, 0) is 22.7 Å². The van der Waals surface area contributed by atoms with E-state index >= 15 is 0 Å². The molecule has 8 nitrogen and oxygen atoms in total. The standard InChI is InChI=1S/C18H25N5O3/c1-13(2)8-16(17(24)23-21-10-15-9-19-12-20-15)22-18(25)26-11-14-6-4-3-5-7-14/h3-7,9,12-13,16,21H,8,10-11H2,1-2H3,(H,19,20)(H,22,25)(H,23,24)/t16-/m0/s1. The Kier molecular flexibility index (Phi) is 7.63. The van der Waals surface area contributed by atoms with Crippen molar-refractivity contribution < 1.29 is 14.3 Å². The van der Waals surface area contributed by atoms with Gasteiger partial charge < -0.3 is 15.0 Å². The van der Waals surface area contributed by atoms with Crippen molar-refractivity contribution in [2.75, 3.05) is 0 Å². The normalized spacial score (nSPS) is 11.8. The van der Waals surface area contributed by atoms with Crippen LogP contribution >= 0.6 is 0 Å². The number of aromatic nitrogens is 2. The number of ether oxygens (including phenoxy) is 1. The van der Waals surface area contributed by atoms with E-state index in [0.717, 1.165) is 11.3 Å². The third kappa shape index (κ3) is 6.94. The number of nitrogens with zero attached hydrogens (tertiary/aromatic N) is 1. The highest BCUT2D eigenvalue weighted by Gasteiger charge is 2.22. The number of H-pyrrole nitrogens is 1. The molecule has 1 atom stereocenters. The zero-order valence-electron chi connectivity index (χ0n) is 15.0. The lowest BCUT2D eigenvalue weighted by molar-refractivity contribution is -0.124. The van der Waals surface area contributed by atoms with Crippen LogP contribution in [0, 0.1) is 5.92 Å². The molecule has 0 unspecified atom stereocenters. The number of alkyl carbamates (subject to hydrolysis) is 1. The largest absolute Gasteiger partial charge is 0.445 e. The molecule has 0 aliphatic carbocycles. The van der Waals surface area contributed by atoms with Crippen LogP contribution in [0.1, 0.15) is 31.5 Å². The first-order valence-electron chi connectivity index (χ1n) is 8.52. The van der Waals surface area contributed by atoms with Crippen molar-refractivity contribution in [1.29, 1.82) is 0 Å². The van der Waals surface area contributed by atoms with Crippen molar-refractivity contribution in [3.8, 4) is 0 Å². The molecular weight excluding hydrogens is 334 g/mol. The Labute approximate surface area is 152 Å². The van der Waals surface area contributed by atoms with Gasteiger partial charge in [0.1, 0.15) is 12.6 Å². The predicted molar refractivity (Wildman–Crippen MR) is 96.6 cm³/mol. The van der Waals surface area contributed by atoms with Gasteiger partial charge in [0, 0.05) is 6.20 Å². The van der Waals surface area contributed by atoms with Crippen LogP contribution in [0.25, 0.3) is 0 Å². The number of hydrazine groups is 1. The lowest BCUT2D eigenvalue weighted by Gasteiger charge is -2.20. The lowest BCUT2D eigenvalue weighted by Crippen LogP contribution is -2.51. The number of hydrogen-bond acceptors (Lipinski definition) is 5. The van der Waals surface area contributed by atoms with Gasteiger partial charge in [-0.15, -0.1) is 0 Å². The highest BCUT2D eigenvalue weighted by atomic mass is 16.5. The summed E-state index contributed by atoms with van der Waals surface area (Å²) in [6.07, 6.45) is 3.16. The Morgan fingerprint density at radius 2 is 2.00 bits per heavy atom. The first kappa shape index (κ1) is 19.5. The minimum absolute atomic E-state index is 0.153. The number of benzene rings is 1. The maximum absolute atomic E-state index is 12.3. The van der Waals surface area contributed by atoms with E-state index in [1.54, 1.807) is 12.5 Å². The Balaban J connectivity index is 1.80. The predicted octanol–water partition coefficient (Wildman–Crippen LogP) is 1.87. The molecule has 0 spiro atoms. The summed E-state index contributed by atoms with van der Waals surface area (Å²) in [5.74, 6) is -0.0996. The van der Waals surface area contributed by atoms with E-state index in [1.807, 2.05) is 44.2 Å². The summed E-state index contributed by atoms with van der Waals surface area (Å²) in [4.78, 5) is 31.3. The van der Waals surface area contributed by atoms with E-state index in [1.165, 1.54) is 0 Å². The van der Waals surface area contributed by atoms with Crippen LogP contribution in [0.3, 0.4) is 0 Å². The fraction of sp³-hybridized carbons (Fsp3) is 0.389. The van der Waals surface area contributed by atoms with E-state index in [0.29, 0.717) is 13.0 Å². The third-order valence-corrected chi connectivity index (χ3v) is 3.56. The number of carbonyl (C=O) groups is 2. The molecule has 2 amide bonds.